The van der Waals surface area contributed by atoms with Crippen molar-refractivity contribution in [3.8, 4) is 24.3 Å². The highest BCUT2D eigenvalue weighted by Gasteiger charge is 2.60. The molecule has 0 unspecified atom stereocenters. The molecule has 0 atom stereocenters. The molecule has 0 saturated carbocycles. The number of hydrogen-bond donors (Lipinski definition) is 0. The Morgan fingerprint density at radius 3 is 1.37 bits per heavy atom. The van der Waals surface area contributed by atoms with Crippen molar-refractivity contribution in [1.29, 1.82) is 21.0 Å². The molecule has 1 fully saturated rings. The van der Waals surface area contributed by atoms with Gasteiger partial charge >= 0.3 is 11.9 Å². The largest absolute Gasteiger partial charge is 0.422 e. The van der Waals surface area contributed by atoms with E-state index < -0.39 is 34.0 Å². The Morgan fingerprint density at radius 1 is 0.700 bits per heavy atom. The van der Waals surface area contributed by atoms with Crippen molar-refractivity contribution >= 4 is 11.9 Å². The summed E-state index contributed by atoms with van der Waals surface area (Å²) in [5.74, 6) is -2.62. The number of hydrogen-bond acceptors (Lipinski definition) is 8. The summed E-state index contributed by atoms with van der Waals surface area (Å²) >= 11 is 0. The monoisotopic (exact) mass is 400 g/mol. The molecule has 1 saturated heterocycles. The Hall–Kier alpha value is -3.88. The molecule has 0 amide bonds. The fraction of sp³-hybridized carbons (Fsp3) is 0.455. The van der Waals surface area contributed by atoms with Crippen LogP contribution >= 0.6 is 0 Å². The maximum atomic E-state index is 12.7. The predicted octanol–water partition coefficient (Wildman–Crippen LogP) is 1.77. The number of fused-ring (bicyclic) bond motifs is 2. The molecule has 8 nitrogen and oxygen atoms in total. The molecule has 1 spiro atoms. The van der Waals surface area contributed by atoms with Crippen LogP contribution in [-0.2, 0) is 44.7 Å². The van der Waals surface area contributed by atoms with E-state index in [-0.39, 0.29) is 25.7 Å². The van der Waals surface area contributed by atoms with Crippen molar-refractivity contribution in [1.82, 2.24) is 0 Å². The molecule has 2 aliphatic carbocycles. The number of esters is 2. The summed E-state index contributed by atoms with van der Waals surface area (Å²) < 4.78 is 10.6. The summed E-state index contributed by atoms with van der Waals surface area (Å²) in [7, 11) is 0. The summed E-state index contributed by atoms with van der Waals surface area (Å²) in [5, 5.41) is 38.7. The number of rotatable bonds is 0. The number of benzene rings is 1. The van der Waals surface area contributed by atoms with Crippen LogP contribution in [0, 0.1) is 61.6 Å². The zero-order valence-corrected chi connectivity index (χ0v) is 16.4. The standard InChI is InChI=1S/C22H16N4O4/c1-19(2)29-17(27)22(18(28)30-19)7-15-3-13-5-20(9-23,10-24)21(11-25,12-26)6-14(13)4-16(15)8-22/h3-4H,5-8H2,1-2H3. The number of cyclic esters (lactones) is 2. The van der Waals surface area contributed by atoms with Gasteiger partial charge in [0.15, 0.2) is 16.2 Å². The second-order valence-electron chi connectivity index (χ2n) is 8.62. The van der Waals surface area contributed by atoms with E-state index in [9.17, 15) is 30.6 Å². The van der Waals surface area contributed by atoms with Crippen molar-refractivity contribution in [2.45, 2.75) is 45.3 Å². The lowest BCUT2D eigenvalue weighted by Gasteiger charge is -2.38. The van der Waals surface area contributed by atoms with Gasteiger partial charge in [-0.3, -0.25) is 9.59 Å². The Kier molecular flexibility index (Phi) is 3.77. The Labute approximate surface area is 172 Å². The van der Waals surface area contributed by atoms with Gasteiger partial charge in [-0.15, -0.1) is 0 Å². The van der Waals surface area contributed by atoms with Crippen LogP contribution in [0.3, 0.4) is 0 Å². The van der Waals surface area contributed by atoms with Crippen molar-refractivity contribution in [2.24, 2.45) is 16.2 Å². The van der Waals surface area contributed by atoms with E-state index in [2.05, 4.69) is 0 Å². The first kappa shape index (κ1) is 19.4. The summed E-state index contributed by atoms with van der Waals surface area (Å²) in [6.45, 7) is 2.98. The van der Waals surface area contributed by atoms with Gasteiger partial charge in [-0.1, -0.05) is 12.1 Å². The molecule has 3 aliphatic rings. The zero-order valence-electron chi connectivity index (χ0n) is 16.4. The molecule has 8 heteroatoms. The molecular weight excluding hydrogens is 384 g/mol. The van der Waals surface area contributed by atoms with E-state index in [1.807, 2.05) is 24.3 Å². The summed E-state index contributed by atoms with van der Waals surface area (Å²) in [4.78, 5) is 25.5. The smallest absolute Gasteiger partial charge is 0.327 e. The second-order valence-corrected chi connectivity index (χ2v) is 8.62. The first-order valence-corrected chi connectivity index (χ1v) is 9.35. The summed E-state index contributed by atoms with van der Waals surface area (Å²) in [6, 6.07) is 11.1. The predicted molar refractivity (Wildman–Crippen MR) is 97.3 cm³/mol. The van der Waals surface area contributed by atoms with Crippen molar-refractivity contribution in [2.75, 3.05) is 0 Å². The van der Waals surface area contributed by atoms with E-state index in [1.54, 1.807) is 12.1 Å². The van der Waals surface area contributed by atoms with E-state index in [1.165, 1.54) is 13.8 Å². The first-order chi connectivity index (χ1) is 14.1. The number of nitriles is 4. The van der Waals surface area contributed by atoms with Gasteiger partial charge in [0.05, 0.1) is 24.3 Å². The second kappa shape index (κ2) is 5.82. The molecule has 1 aromatic rings. The van der Waals surface area contributed by atoms with E-state index >= 15 is 0 Å². The lowest BCUT2D eigenvalue weighted by atomic mass is 9.57. The highest BCUT2D eigenvalue weighted by molar-refractivity contribution is 6.03. The molecule has 1 aromatic carbocycles. The van der Waals surface area contributed by atoms with Crippen molar-refractivity contribution in [3.63, 3.8) is 0 Å². The molecule has 0 radical (unpaired) electrons. The molecule has 0 aromatic heterocycles. The van der Waals surface area contributed by atoms with Crippen LogP contribution in [-0.4, -0.2) is 17.7 Å². The maximum Gasteiger partial charge on any atom is 0.327 e. The van der Waals surface area contributed by atoms with E-state index in [0.29, 0.717) is 11.1 Å². The fourth-order valence-electron chi connectivity index (χ4n) is 4.66. The van der Waals surface area contributed by atoms with Crippen LogP contribution < -0.4 is 0 Å². The fourth-order valence-corrected chi connectivity index (χ4v) is 4.66. The number of carbonyl (C=O) groups excluding carboxylic acids is 2. The SMILES string of the molecule is CC1(C)OC(=O)C2(Cc3cc4c(cc3C2)CC(C#N)(C#N)C(C#N)(C#N)C4)C(=O)O1. The topological polar surface area (TPSA) is 148 Å². The molecule has 0 N–H and O–H groups in total. The van der Waals surface area contributed by atoms with Gasteiger partial charge < -0.3 is 9.47 Å². The molecular formula is C22H16N4O4. The number of nitrogens with zero attached hydrogens (tertiary/aromatic N) is 4. The highest BCUT2D eigenvalue weighted by atomic mass is 16.7. The average Bonchev–Trinajstić information content (AvgIpc) is 3.08. The van der Waals surface area contributed by atoms with Crippen LogP contribution in [0.25, 0.3) is 0 Å². The third-order valence-electron chi connectivity index (χ3n) is 6.37. The van der Waals surface area contributed by atoms with Crippen LogP contribution in [0.2, 0.25) is 0 Å². The normalized spacial score (nSPS) is 23.4. The van der Waals surface area contributed by atoms with Gasteiger partial charge in [0.1, 0.15) is 0 Å². The third-order valence-corrected chi connectivity index (χ3v) is 6.37. The van der Waals surface area contributed by atoms with Gasteiger partial charge in [-0.25, -0.2) is 0 Å². The van der Waals surface area contributed by atoms with Gasteiger partial charge in [-0.05, 0) is 35.1 Å². The van der Waals surface area contributed by atoms with Gasteiger partial charge in [-0.2, -0.15) is 21.0 Å². The molecule has 0 bridgehead atoms. The number of ether oxygens (including phenoxy) is 2. The highest BCUT2D eigenvalue weighted by Crippen LogP contribution is 2.51. The number of carbonyl (C=O) groups is 2. The molecule has 148 valence electrons. The van der Waals surface area contributed by atoms with Gasteiger partial charge in [0, 0.05) is 26.7 Å². The van der Waals surface area contributed by atoms with E-state index in [4.69, 9.17) is 9.47 Å². The van der Waals surface area contributed by atoms with Crippen molar-refractivity contribution < 1.29 is 19.1 Å². The minimum Gasteiger partial charge on any atom is -0.422 e. The molecule has 1 heterocycles. The average molecular weight is 400 g/mol. The Bertz CT molecular complexity index is 1070. The Morgan fingerprint density at radius 2 is 1.03 bits per heavy atom. The minimum absolute atomic E-state index is 0.0847. The molecule has 30 heavy (non-hydrogen) atoms. The molecule has 4 rings (SSSR count). The summed E-state index contributed by atoms with van der Waals surface area (Å²) in [5.41, 5.74) is -2.30. The lowest BCUT2D eigenvalue weighted by Crippen LogP contribution is -2.54. The van der Waals surface area contributed by atoms with Crippen LogP contribution in [0.15, 0.2) is 12.1 Å². The van der Waals surface area contributed by atoms with Gasteiger partial charge in [0.2, 0.25) is 0 Å². The zero-order chi connectivity index (χ0) is 21.9. The summed E-state index contributed by atoms with van der Waals surface area (Å²) in [6.07, 6.45) is 0.0194. The van der Waals surface area contributed by atoms with Crippen LogP contribution in [0.4, 0.5) is 0 Å². The Balaban J connectivity index is 1.79. The van der Waals surface area contributed by atoms with Crippen LogP contribution in [0.5, 0.6) is 0 Å². The van der Waals surface area contributed by atoms with E-state index in [0.717, 1.165) is 11.1 Å². The quantitative estimate of drug-likeness (QED) is 0.472. The minimum atomic E-state index is -1.80. The maximum absolute atomic E-state index is 12.7. The van der Waals surface area contributed by atoms with Crippen molar-refractivity contribution in [3.05, 3.63) is 34.4 Å². The lowest BCUT2D eigenvalue weighted by molar-refractivity contribution is -0.250. The van der Waals surface area contributed by atoms with Crippen LogP contribution in [0.1, 0.15) is 36.1 Å². The van der Waals surface area contributed by atoms with Gasteiger partial charge in [0.25, 0.3) is 5.79 Å². The third kappa shape index (κ3) is 2.28. The first-order valence-electron chi connectivity index (χ1n) is 9.35. The molecule has 1 aliphatic heterocycles.